The molecule has 0 aliphatic rings. The summed E-state index contributed by atoms with van der Waals surface area (Å²) < 4.78 is 2.00. The summed E-state index contributed by atoms with van der Waals surface area (Å²) in [5.74, 6) is 0. The number of rotatable bonds is 5. The van der Waals surface area contributed by atoms with Crippen LogP contribution >= 0.6 is 11.8 Å². The van der Waals surface area contributed by atoms with Crippen molar-refractivity contribution in [3.8, 4) is 0 Å². The van der Waals surface area contributed by atoms with Crippen LogP contribution in [0.5, 0.6) is 0 Å². The van der Waals surface area contributed by atoms with Gasteiger partial charge < -0.3 is 4.57 Å². The molecule has 0 N–H and O–H groups in total. The van der Waals surface area contributed by atoms with Crippen LogP contribution in [-0.4, -0.2) is 22.4 Å². The predicted octanol–water partition coefficient (Wildman–Crippen LogP) is 2.44. The van der Waals surface area contributed by atoms with E-state index in [-0.39, 0.29) is 0 Å². The molecule has 2 nitrogen and oxygen atoms in total. The van der Waals surface area contributed by atoms with Crippen molar-refractivity contribution in [2.45, 2.75) is 25.1 Å². The molecule has 0 aliphatic carbocycles. The smallest absolute Gasteiger partial charge is 0.166 e. The minimum absolute atomic E-state index is 0.655. The molecule has 0 spiro atoms. The van der Waals surface area contributed by atoms with E-state index in [1.165, 1.54) is 0 Å². The molecule has 1 aromatic heterocycles. The van der Waals surface area contributed by atoms with Gasteiger partial charge in [0.25, 0.3) is 0 Å². The second kappa shape index (κ2) is 5.12. The van der Waals surface area contributed by atoms with E-state index in [1.807, 2.05) is 34.7 Å². The highest BCUT2D eigenvalue weighted by atomic mass is 32.2. The number of aryl methyl sites for hydroxylation is 1. The number of carbonyl (C=O) groups is 1. The summed E-state index contributed by atoms with van der Waals surface area (Å²) in [5, 5.41) is 0.655. The second-order valence-electron chi connectivity index (χ2n) is 3.08. The molecule has 1 aromatic rings. The van der Waals surface area contributed by atoms with Crippen molar-refractivity contribution in [1.29, 1.82) is 0 Å². The van der Waals surface area contributed by atoms with Crippen molar-refractivity contribution in [2.24, 2.45) is 0 Å². The molecule has 0 amide bonds. The SMILES string of the molecule is CSC(C)CCn1cccc1C=O. The summed E-state index contributed by atoms with van der Waals surface area (Å²) in [6.45, 7) is 3.14. The fourth-order valence-corrected chi connectivity index (χ4v) is 1.52. The van der Waals surface area contributed by atoms with Crippen molar-refractivity contribution >= 4 is 18.0 Å². The molecular weight excluding hydrogens is 182 g/mol. The Morgan fingerprint density at radius 2 is 2.46 bits per heavy atom. The van der Waals surface area contributed by atoms with Crippen LogP contribution in [0.4, 0.5) is 0 Å². The highest BCUT2D eigenvalue weighted by Gasteiger charge is 2.02. The molecule has 72 valence electrons. The molecule has 1 heterocycles. The predicted molar refractivity (Wildman–Crippen MR) is 57.4 cm³/mol. The number of hydrogen-bond acceptors (Lipinski definition) is 2. The molecule has 0 saturated heterocycles. The van der Waals surface area contributed by atoms with Crippen LogP contribution in [0.15, 0.2) is 18.3 Å². The van der Waals surface area contributed by atoms with Crippen LogP contribution in [0, 0.1) is 0 Å². The van der Waals surface area contributed by atoms with Crippen molar-refractivity contribution < 1.29 is 4.79 Å². The molecule has 0 aromatic carbocycles. The average Bonchev–Trinajstić information content (AvgIpc) is 2.61. The Morgan fingerprint density at radius 3 is 3.08 bits per heavy atom. The van der Waals surface area contributed by atoms with E-state index in [9.17, 15) is 4.79 Å². The standard InChI is InChI=1S/C10H15NOS/c1-9(13-2)5-7-11-6-3-4-10(11)8-12/h3-4,6,8-9H,5,7H2,1-2H3. The van der Waals surface area contributed by atoms with Crippen molar-refractivity contribution in [3.63, 3.8) is 0 Å². The first kappa shape index (κ1) is 10.4. The third-order valence-corrected chi connectivity index (χ3v) is 3.20. The largest absolute Gasteiger partial charge is 0.345 e. The van der Waals surface area contributed by atoms with Gasteiger partial charge in [0.1, 0.15) is 0 Å². The maximum atomic E-state index is 10.6. The Balaban J connectivity index is 2.49. The van der Waals surface area contributed by atoms with E-state index in [4.69, 9.17) is 0 Å². The van der Waals surface area contributed by atoms with Gasteiger partial charge in [-0.3, -0.25) is 4.79 Å². The Kier molecular flexibility index (Phi) is 4.09. The Hall–Kier alpha value is -0.700. The van der Waals surface area contributed by atoms with Gasteiger partial charge in [0, 0.05) is 18.0 Å². The molecule has 0 fully saturated rings. The molecule has 1 unspecified atom stereocenters. The zero-order valence-electron chi connectivity index (χ0n) is 8.06. The van der Waals surface area contributed by atoms with Crippen LogP contribution in [0.2, 0.25) is 0 Å². The number of carbonyl (C=O) groups excluding carboxylic acids is 1. The van der Waals surface area contributed by atoms with E-state index >= 15 is 0 Å². The first-order valence-corrected chi connectivity index (χ1v) is 5.70. The van der Waals surface area contributed by atoms with Crippen LogP contribution in [0.25, 0.3) is 0 Å². The summed E-state index contributed by atoms with van der Waals surface area (Å²) in [6.07, 6.45) is 6.08. The van der Waals surface area contributed by atoms with E-state index in [2.05, 4.69) is 13.2 Å². The highest BCUT2D eigenvalue weighted by molar-refractivity contribution is 7.99. The maximum absolute atomic E-state index is 10.6. The summed E-state index contributed by atoms with van der Waals surface area (Å²) >= 11 is 1.86. The first-order valence-electron chi connectivity index (χ1n) is 4.41. The number of hydrogen-bond donors (Lipinski definition) is 0. The van der Waals surface area contributed by atoms with Gasteiger partial charge in [0.2, 0.25) is 0 Å². The summed E-state index contributed by atoms with van der Waals surface area (Å²) in [4.78, 5) is 10.6. The Bertz CT molecular complexity index is 270. The summed E-state index contributed by atoms with van der Waals surface area (Å²) in [6, 6.07) is 3.75. The average molecular weight is 197 g/mol. The third-order valence-electron chi connectivity index (χ3n) is 2.16. The lowest BCUT2D eigenvalue weighted by Crippen LogP contribution is -2.06. The number of nitrogens with zero attached hydrogens (tertiary/aromatic N) is 1. The van der Waals surface area contributed by atoms with Gasteiger partial charge in [-0.05, 0) is 24.8 Å². The third kappa shape index (κ3) is 2.92. The molecule has 1 rings (SSSR count). The topological polar surface area (TPSA) is 22.0 Å². The fraction of sp³-hybridized carbons (Fsp3) is 0.500. The number of thioether (sulfide) groups is 1. The van der Waals surface area contributed by atoms with Gasteiger partial charge in [-0.15, -0.1) is 0 Å². The molecule has 1 atom stereocenters. The number of aldehydes is 1. The minimum atomic E-state index is 0.655. The molecular formula is C10H15NOS. The zero-order valence-corrected chi connectivity index (χ0v) is 8.88. The summed E-state index contributed by atoms with van der Waals surface area (Å²) in [5.41, 5.74) is 0.772. The van der Waals surface area contributed by atoms with E-state index in [1.54, 1.807) is 0 Å². The van der Waals surface area contributed by atoms with E-state index in [0.29, 0.717) is 5.25 Å². The fourth-order valence-electron chi connectivity index (χ4n) is 1.18. The lowest BCUT2D eigenvalue weighted by atomic mass is 10.3. The zero-order chi connectivity index (χ0) is 9.68. The lowest BCUT2D eigenvalue weighted by Gasteiger charge is -2.09. The van der Waals surface area contributed by atoms with E-state index < -0.39 is 0 Å². The van der Waals surface area contributed by atoms with Gasteiger partial charge in [-0.25, -0.2) is 0 Å². The summed E-state index contributed by atoms with van der Waals surface area (Å²) in [7, 11) is 0. The maximum Gasteiger partial charge on any atom is 0.166 e. The van der Waals surface area contributed by atoms with Crippen LogP contribution in [0.1, 0.15) is 23.8 Å². The van der Waals surface area contributed by atoms with Crippen molar-refractivity contribution in [2.75, 3.05) is 6.26 Å². The van der Waals surface area contributed by atoms with Crippen molar-refractivity contribution in [3.05, 3.63) is 24.0 Å². The molecule has 0 aliphatic heterocycles. The number of aromatic nitrogens is 1. The monoisotopic (exact) mass is 197 g/mol. The van der Waals surface area contributed by atoms with Gasteiger partial charge in [-0.2, -0.15) is 11.8 Å². The molecule has 0 bridgehead atoms. The van der Waals surface area contributed by atoms with Crippen molar-refractivity contribution in [1.82, 2.24) is 4.57 Å². The van der Waals surface area contributed by atoms with Crippen LogP contribution in [-0.2, 0) is 6.54 Å². The highest BCUT2D eigenvalue weighted by Crippen LogP contribution is 2.11. The van der Waals surface area contributed by atoms with Crippen LogP contribution in [0.3, 0.4) is 0 Å². The Labute approximate surface area is 83.3 Å². The lowest BCUT2D eigenvalue weighted by molar-refractivity contribution is 0.111. The minimum Gasteiger partial charge on any atom is -0.345 e. The second-order valence-corrected chi connectivity index (χ2v) is 4.36. The first-order chi connectivity index (χ1) is 6.27. The van der Waals surface area contributed by atoms with Gasteiger partial charge in [-0.1, -0.05) is 6.92 Å². The molecule has 3 heteroatoms. The van der Waals surface area contributed by atoms with E-state index in [0.717, 1.165) is 24.9 Å². The Morgan fingerprint density at radius 1 is 1.69 bits per heavy atom. The normalized spacial score (nSPS) is 12.8. The molecule has 13 heavy (non-hydrogen) atoms. The molecule has 0 radical (unpaired) electrons. The van der Waals surface area contributed by atoms with Gasteiger partial charge >= 0.3 is 0 Å². The van der Waals surface area contributed by atoms with Gasteiger partial charge in [0.15, 0.2) is 6.29 Å². The van der Waals surface area contributed by atoms with Gasteiger partial charge in [0.05, 0.1) is 5.69 Å². The quantitative estimate of drug-likeness (QED) is 0.676. The molecule has 0 saturated carbocycles. The van der Waals surface area contributed by atoms with Crippen LogP contribution < -0.4 is 0 Å².